The molecule has 0 heterocycles. The van der Waals surface area contributed by atoms with Crippen molar-refractivity contribution in [3.8, 4) is 0 Å². The van der Waals surface area contributed by atoms with Crippen molar-refractivity contribution in [2.24, 2.45) is 5.92 Å². The molecule has 1 fully saturated rings. The van der Waals surface area contributed by atoms with Gasteiger partial charge < -0.3 is 0 Å². The average Bonchev–Trinajstić information content (AvgIpc) is 2.81. The summed E-state index contributed by atoms with van der Waals surface area (Å²) in [6, 6.07) is 6.65. The second kappa shape index (κ2) is 3.16. The molecule has 14 heavy (non-hydrogen) atoms. The van der Waals surface area contributed by atoms with Crippen molar-refractivity contribution >= 4 is 11.6 Å². The molecule has 0 N–H and O–H groups in total. The minimum Gasteiger partial charge on any atom is -0.171 e. The summed E-state index contributed by atoms with van der Waals surface area (Å²) >= 11 is 5.70. The van der Waals surface area contributed by atoms with Crippen LogP contribution >= 0.6 is 11.6 Å². The molecule has 0 bridgehead atoms. The number of halogens is 4. The van der Waals surface area contributed by atoms with E-state index in [0.29, 0.717) is 10.6 Å². The Hall–Kier alpha value is -0.700. The van der Waals surface area contributed by atoms with Gasteiger partial charge in [-0.3, -0.25) is 0 Å². The normalized spacial score (nSPS) is 26.3. The van der Waals surface area contributed by atoms with E-state index in [0.717, 1.165) is 0 Å². The van der Waals surface area contributed by atoms with E-state index in [1.165, 1.54) is 0 Å². The van der Waals surface area contributed by atoms with E-state index < -0.39 is 12.1 Å². The summed E-state index contributed by atoms with van der Waals surface area (Å²) in [5.41, 5.74) is 0.694. The Labute approximate surface area is 84.7 Å². The number of hydrogen-bond acceptors (Lipinski definition) is 0. The average molecular weight is 221 g/mol. The molecule has 76 valence electrons. The fourth-order valence-electron chi connectivity index (χ4n) is 1.66. The molecule has 1 aromatic carbocycles. The van der Waals surface area contributed by atoms with Crippen LogP contribution < -0.4 is 0 Å². The van der Waals surface area contributed by atoms with Gasteiger partial charge in [0.05, 0.1) is 5.92 Å². The van der Waals surface area contributed by atoms with Crippen LogP contribution in [0.4, 0.5) is 13.2 Å². The smallest absolute Gasteiger partial charge is 0.171 e. The standard InChI is InChI=1S/C10H8ClF3/c11-7-3-1-2-6(4-7)8-5-9(8)10(12,13)14/h1-4,8-9H,5H2/t8-,9+/m0/s1. The lowest BCUT2D eigenvalue weighted by atomic mass is 10.1. The van der Waals surface area contributed by atoms with Gasteiger partial charge in [0.15, 0.2) is 0 Å². The fourth-order valence-corrected chi connectivity index (χ4v) is 1.86. The van der Waals surface area contributed by atoms with Crippen molar-refractivity contribution in [3.05, 3.63) is 34.9 Å². The van der Waals surface area contributed by atoms with E-state index in [9.17, 15) is 13.2 Å². The van der Waals surface area contributed by atoms with Gasteiger partial charge in [0, 0.05) is 5.02 Å². The first-order valence-electron chi connectivity index (χ1n) is 4.30. The summed E-state index contributed by atoms with van der Waals surface area (Å²) in [5, 5.41) is 0.496. The summed E-state index contributed by atoms with van der Waals surface area (Å²) < 4.78 is 36.7. The fraction of sp³-hybridized carbons (Fsp3) is 0.400. The molecule has 1 saturated carbocycles. The maximum Gasteiger partial charge on any atom is 0.392 e. The Kier molecular flexibility index (Phi) is 2.22. The van der Waals surface area contributed by atoms with Gasteiger partial charge in [-0.15, -0.1) is 0 Å². The summed E-state index contributed by atoms with van der Waals surface area (Å²) in [4.78, 5) is 0. The van der Waals surface area contributed by atoms with E-state index in [1.54, 1.807) is 24.3 Å². The molecule has 1 aliphatic rings. The Morgan fingerprint density at radius 1 is 1.29 bits per heavy atom. The van der Waals surface area contributed by atoms with Crippen LogP contribution in [-0.4, -0.2) is 6.18 Å². The lowest BCUT2D eigenvalue weighted by molar-refractivity contribution is -0.148. The van der Waals surface area contributed by atoms with Gasteiger partial charge in [-0.1, -0.05) is 23.7 Å². The van der Waals surface area contributed by atoms with Gasteiger partial charge in [0.1, 0.15) is 0 Å². The zero-order valence-corrected chi connectivity index (χ0v) is 7.94. The highest BCUT2D eigenvalue weighted by molar-refractivity contribution is 6.30. The molecule has 2 atom stereocenters. The molecule has 4 heteroatoms. The minimum atomic E-state index is -4.06. The highest BCUT2D eigenvalue weighted by Crippen LogP contribution is 2.56. The molecule has 0 radical (unpaired) electrons. The first-order valence-corrected chi connectivity index (χ1v) is 4.68. The highest BCUT2D eigenvalue weighted by Gasteiger charge is 2.56. The summed E-state index contributed by atoms with van der Waals surface area (Å²) in [5.74, 6) is -1.55. The van der Waals surface area contributed by atoms with Gasteiger partial charge >= 0.3 is 6.18 Å². The van der Waals surface area contributed by atoms with Crippen LogP contribution in [0, 0.1) is 5.92 Å². The molecule has 0 aliphatic heterocycles. The molecule has 0 spiro atoms. The van der Waals surface area contributed by atoms with E-state index >= 15 is 0 Å². The maximum absolute atomic E-state index is 12.2. The second-order valence-electron chi connectivity index (χ2n) is 3.55. The third-order valence-corrected chi connectivity index (χ3v) is 2.72. The van der Waals surface area contributed by atoms with Crippen molar-refractivity contribution in [1.29, 1.82) is 0 Å². The number of alkyl halides is 3. The van der Waals surface area contributed by atoms with Crippen LogP contribution in [-0.2, 0) is 0 Å². The largest absolute Gasteiger partial charge is 0.392 e. The van der Waals surface area contributed by atoms with Crippen LogP contribution in [0.1, 0.15) is 17.9 Å². The Balaban J connectivity index is 2.14. The second-order valence-corrected chi connectivity index (χ2v) is 3.98. The number of hydrogen-bond donors (Lipinski definition) is 0. The molecule has 0 saturated heterocycles. The number of rotatable bonds is 1. The van der Waals surface area contributed by atoms with Crippen molar-refractivity contribution in [2.45, 2.75) is 18.5 Å². The summed E-state index contributed by atoms with van der Waals surface area (Å²) in [6.07, 6.45) is -3.86. The summed E-state index contributed by atoms with van der Waals surface area (Å²) in [6.45, 7) is 0. The Bertz CT molecular complexity index is 345. The lowest BCUT2D eigenvalue weighted by Gasteiger charge is -2.05. The topological polar surface area (TPSA) is 0 Å². The number of benzene rings is 1. The van der Waals surface area contributed by atoms with Crippen LogP contribution in [0.2, 0.25) is 5.02 Å². The van der Waals surface area contributed by atoms with E-state index in [4.69, 9.17) is 11.6 Å². The third kappa shape index (κ3) is 1.87. The molecule has 2 rings (SSSR count). The molecule has 1 aliphatic carbocycles. The van der Waals surface area contributed by atoms with Crippen LogP contribution in [0.25, 0.3) is 0 Å². The zero-order valence-electron chi connectivity index (χ0n) is 7.18. The van der Waals surface area contributed by atoms with Gasteiger partial charge in [-0.2, -0.15) is 13.2 Å². The van der Waals surface area contributed by atoms with Crippen molar-refractivity contribution in [3.63, 3.8) is 0 Å². The first kappa shape index (κ1) is 9.84. The quantitative estimate of drug-likeness (QED) is 0.671. The molecular weight excluding hydrogens is 213 g/mol. The summed E-state index contributed by atoms with van der Waals surface area (Å²) in [7, 11) is 0. The van der Waals surface area contributed by atoms with Crippen molar-refractivity contribution in [1.82, 2.24) is 0 Å². The third-order valence-electron chi connectivity index (χ3n) is 2.49. The van der Waals surface area contributed by atoms with Crippen LogP contribution in [0.3, 0.4) is 0 Å². The van der Waals surface area contributed by atoms with E-state index in [1.807, 2.05) is 0 Å². The molecule has 0 amide bonds. The van der Waals surface area contributed by atoms with Gasteiger partial charge in [0.25, 0.3) is 0 Å². The van der Waals surface area contributed by atoms with Gasteiger partial charge in [0.2, 0.25) is 0 Å². The molecule has 0 aromatic heterocycles. The lowest BCUT2D eigenvalue weighted by Crippen LogP contribution is -2.11. The SMILES string of the molecule is FC(F)(F)[C@@H]1C[C@H]1c1cccc(Cl)c1. The predicted octanol–water partition coefficient (Wildman–Crippen LogP) is 4.01. The van der Waals surface area contributed by atoms with Gasteiger partial charge in [-0.25, -0.2) is 0 Å². The Morgan fingerprint density at radius 2 is 2.00 bits per heavy atom. The predicted molar refractivity (Wildman–Crippen MR) is 48.4 cm³/mol. The van der Waals surface area contributed by atoms with Crippen molar-refractivity contribution < 1.29 is 13.2 Å². The van der Waals surface area contributed by atoms with E-state index in [-0.39, 0.29) is 12.3 Å². The molecule has 0 nitrogen and oxygen atoms in total. The Morgan fingerprint density at radius 3 is 2.50 bits per heavy atom. The maximum atomic E-state index is 12.2. The highest BCUT2D eigenvalue weighted by atomic mass is 35.5. The van der Waals surface area contributed by atoms with E-state index in [2.05, 4.69) is 0 Å². The first-order chi connectivity index (χ1) is 6.48. The zero-order chi connectivity index (χ0) is 10.3. The minimum absolute atomic E-state index is 0.198. The van der Waals surface area contributed by atoms with Crippen molar-refractivity contribution in [2.75, 3.05) is 0 Å². The van der Waals surface area contributed by atoms with Crippen LogP contribution in [0.15, 0.2) is 24.3 Å². The molecule has 0 unspecified atom stereocenters. The van der Waals surface area contributed by atoms with Crippen LogP contribution in [0.5, 0.6) is 0 Å². The molecule has 1 aromatic rings. The molecular formula is C10H8ClF3. The monoisotopic (exact) mass is 220 g/mol. The van der Waals surface area contributed by atoms with Gasteiger partial charge in [-0.05, 0) is 30.0 Å².